The number of carboxylic acids is 1. The fourth-order valence-corrected chi connectivity index (χ4v) is 0.999. The molecule has 1 aromatic heterocycles. The Morgan fingerprint density at radius 1 is 1.56 bits per heavy atom. The molecule has 1 rings (SSSR count). The van der Waals surface area contributed by atoms with Crippen molar-refractivity contribution in [1.82, 2.24) is 15.5 Å². The van der Waals surface area contributed by atoms with E-state index >= 15 is 0 Å². The van der Waals surface area contributed by atoms with Gasteiger partial charge in [-0.25, -0.2) is 0 Å². The van der Waals surface area contributed by atoms with E-state index in [2.05, 4.69) is 15.5 Å². The number of hydrogen-bond acceptors (Lipinski definition) is 5. The Hall–Kier alpha value is -1.92. The van der Waals surface area contributed by atoms with Crippen LogP contribution in [0.3, 0.4) is 0 Å². The molecule has 88 valence electrons. The number of carbonyl (C=O) groups is 2. The Morgan fingerprint density at radius 3 is 2.75 bits per heavy atom. The number of aromatic nitrogens is 2. The Morgan fingerprint density at radius 2 is 2.25 bits per heavy atom. The van der Waals surface area contributed by atoms with Gasteiger partial charge in [-0.2, -0.15) is 4.98 Å². The first-order valence-electron chi connectivity index (χ1n) is 4.80. The summed E-state index contributed by atoms with van der Waals surface area (Å²) in [6, 6.07) is 0. The van der Waals surface area contributed by atoms with Crippen LogP contribution in [-0.4, -0.2) is 33.7 Å². The van der Waals surface area contributed by atoms with Gasteiger partial charge >= 0.3 is 5.97 Å². The lowest BCUT2D eigenvalue weighted by molar-refractivity contribution is -0.146. The minimum absolute atomic E-state index is 0.276. The summed E-state index contributed by atoms with van der Waals surface area (Å²) in [5.74, 6) is -1.78. The summed E-state index contributed by atoms with van der Waals surface area (Å²) in [7, 11) is 0. The maximum Gasteiger partial charge on any atom is 0.315 e. The average Bonchev–Trinajstić information content (AvgIpc) is 2.62. The second-order valence-corrected chi connectivity index (χ2v) is 3.34. The summed E-state index contributed by atoms with van der Waals surface area (Å²) < 4.78 is 4.83. The zero-order chi connectivity index (χ0) is 12.1. The number of nitrogens with one attached hydrogen (secondary N) is 1. The summed E-state index contributed by atoms with van der Waals surface area (Å²) in [5.41, 5.74) is 0. The molecule has 2 N–H and O–H groups in total. The number of amides is 1. The van der Waals surface area contributed by atoms with Crippen molar-refractivity contribution in [3.05, 3.63) is 11.7 Å². The number of aryl methyl sites for hydroxylation is 1. The van der Waals surface area contributed by atoms with E-state index in [1.54, 1.807) is 6.92 Å². The molecule has 7 heteroatoms. The van der Waals surface area contributed by atoms with Gasteiger partial charge in [0.05, 0.1) is 0 Å². The van der Waals surface area contributed by atoms with Crippen LogP contribution in [0.4, 0.5) is 0 Å². The van der Waals surface area contributed by atoms with Crippen molar-refractivity contribution in [2.45, 2.75) is 20.3 Å². The standard InChI is InChI=1S/C9H13N3O4/c1-5(9(14)15)8(13)10-4-3-7-11-6(2)12-16-7/h5H,3-4H2,1-2H3,(H,10,13)(H,14,15). The lowest BCUT2D eigenvalue weighted by Crippen LogP contribution is -2.34. The van der Waals surface area contributed by atoms with E-state index in [0.717, 1.165) is 0 Å². The first kappa shape index (κ1) is 12.2. The van der Waals surface area contributed by atoms with E-state index in [9.17, 15) is 9.59 Å². The molecule has 1 heterocycles. The third kappa shape index (κ3) is 3.34. The van der Waals surface area contributed by atoms with Gasteiger partial charge in [0.1, 0.15) is 5.92 Å². The minimum Gasteiger partial charge on any atom is -0.481 e. The van der Waals surface area contributed by atoms with Crippen LogP contribution in [0.15, 0.2) is 4.52 Å². The van der Waals surface area contributed by atoms with Crippen molar-refractivity contribution in [1.29, 1.82) is 0 Å². The van der Waals surface area contributed by atoms with E-state index in [4.69, 9.17) is 9.63 Å². The minimum atomic E-state index is -1.15. The molecule has 0 aliphatic heterocycles. The van der Waals surface area contributed by atoms with Gasteiger partial charge in [0.25, 0.3) is 0 Å². The normalized spacial score (nSPS) is 12.1. The van der Waals surface area contributed by atoms with Crippen LogP contribution < -0.4 is 5.32 Å². The SMILES string of the molecule is Cc1noc(CCNC(=O)C(C)C(=O)O)n1. The summed E-state index contributed by atoms with van der Waals surface area (Å²) in [6.07, 6.45) is 0.388. The first-order valence-corrected chi connectivity index (χ1v) is 4.80. The molecule has 7 nitrogen and oxygen atoms in total. The van der Waals surface area contributed by atoms with Gasteiger partial charge in [-0.3, -0.25) is 9.59 Å². The number of rotatable bonds is 5. The molecule has 1 amide bonds. The van der Waals surface area contributed by atoms with E-state index in [-0.39, 0.29) is 6.54 Å². The molecule has 0 radical (unpaired) electrons. The van der Waals surface area contributed by atoms with Gasteiger partial charge in [-0.15, -0.1) is 0 Å². The molecule has 0 aliphatic rings. The number of carboxylic acid groups (broad SMARTS) is 1. The highest BCUT2D eigenvalue weighted by Crippen LogP contribution is 1.97. The molecule has 0 saturated heterocycles. The molecule has 0 fully saturated rings. The predicted octanol–water partition coefficient (Wildman–Crippen LogP) is -0.243. The van der Waals surface area contributed by atoms with Crippen molar-refractivity contribution in [3.63, 3.8) is 0 Å². The maximum atomic E-state index is 11.2. The second-order valence-electron chi connectivity index (χ2n) is 3.34. The van der Waals surface area contributed by atoms with Gasteiger partial charge in [-0.1, -0.05) is 5.16 Å². The Bertz CT molecular complexity index is 388. The van der Waals surface area contributed by atoms with Crippen LogP contribution >= 0.6 is 0 Å². The highest BCUT2D eigenvalue weighted by molar-refractivity contribution is 5.96. The Balaban J connectivity index is 2.30. The number of nitrogens with zero attached hydrogens (tertiary/aromatic N) is 2. The molecule has 16 heavy (non-hydrogen) atoms. The third-order valence-corrected chi connectivity index (χ3v) is 1.97. The maximum absolute atomic E-state index is 11.2. The van der Waals surface area contributed by atoms with Crippen LogP contribution in [0.2, 0.25) is 0 Å². The quantitative estimate of drug-likeness (QED) is 0.672. The van der Waals surface area contributed by atoms with E-state index in [1.165, 1.54) is 6.92 Å². The molecule has 0 spiro atoms. The average molecular weight is 227 g/mol. The van der Waals surface area contributed by atoms with Gasteiger partial charge in [0.2, 0.25) is 11.8 Å². The fraction of sp³-hybridized carbons (Fsp3) is 0.556. The van der Waals surface area contributed by atoms with Crippen molar-refractivity contribution >= 4 is 11.9 Å². The summed E-state index contributed by atoms with van der Waals surface area (Å²) in [4.78, 5) is 25.6. The third-order valence-electron chi connectivity index (χ3n) is 1.97. The van der Waals surface area contributed by atoms with Crippen LogP contribution in [0.1, 0.15) is 18.6 Å². The molecule has 0 aliphatic carbocycles. The second kappa shape index (κ2) is 5.24. The number of carbonyl (C=O) groups excluding carboxylic acids is 1. The van der Waals surface area contributed by atoms with Crippen molar-refractivity contribution in [2.24, 2.45) is 5.92 Å². The summed E-state index contributed by atoms with van der Waals surface area (Å²) in [5, 5.41) is 14.6. The van der Waals surface area contributed by atoms with E-state index < -0.39 is 17.8 Å². The number of hydrogen-bond donors (Lipinski definition) is 2. The molecule has 0 bridgehead atoms. The lowest BCUT2D eigenvalue weighted by Gasteiger charge is -2.06. The summed E-state index contributed by atoms with van der Waals surface area (Å²) >= 11 is 0. The number of aliphatic carboxylic acids is 1. The van der Waals surface area contributed by atoms with Crippen LogP contribution in [0.25, 0.3) is 0 Å². The molecule has 1 aromatic rings. The molecule has 1 unspecified atom stereocenters. The van der Waals surface area contributed by atoms with Gasteiger partial charge in [-0.05, 0) is 13.8 Å². The summed E-state index contributed by atoms with van der Waals surface area (Å²) in [6.45, 7) is 3.30. The Labute approximate surface area is 91.8 Å². The Kier molecular flexibility index (Phi) is 3.98. The molecule has 1 atom stereocenters. The van der Waals surface area contributed by atoms with Crippen molar-refractivity contribution in [3.8, 4) is 0 Å². The molecular weight excluding hydrogens is 214 g/mol. The highest BCUT2D eigenvalue weighted by atomic mass is 16.5. The van der Waals surface area contributed by atoms with Crippen molar-refractivity contribution < 1.29 is 19.2 Å². The molecule has 0 aromatic carbocycles. The first-order chi connectivity index (χ1) is 7.50. The van der Waals surface area contributed by atoms with E-state index in [1.807, 2.05) is 0 Å². The van der Waals surface area contributed by atoms with Crippen LogP contribution in [0.5, 0.6) is 0 Å². The molecule has 0 saturated carbocycles. The van der Waals surface area contributed by atoms with E-state index in [0.29, 0.717) is 18.1 Å². The van der Waals surface area contributed by atoms with Gasteiger partial charge in [0, 0.05) is 13.0 Å². The predicted molar refractivity (Wildman–Crippen MR) is 52.5 cm³/mol. The monoisotopic (exact) mass is 227 g/mol. The van der Waals surface area contributed by atoms with Gasteiger partial charge < -0.3 is 14.9 Å². The van der Waals surface area contributed by atoms with Gasteiger partial charge in [0.15, 0.2) is 5.82 Å². The van der Waals surface area contributed by atoms with Crippen LogP contribution in [0, 0.1) is 12.8 Å². The molecular formula is C9H13N3O4. The smallest absolute Gasteiger partial charge is 0.315 e. The zero-order valence-corrected chi connectivity index (χ0v) is 9.06. The highest BCUT2D eigenvalue weighted by Gasteiger charge is 2.19. The van der Waals surface area contributed by atoms with Crippen molar-refractivity contribution in [2.75, 3.05) is 6.54 Å². The zero-order valence-electron chi connectivity index (χ0n) is 9.06. The fourth-order valence-electron chi connectivity index (χ4n) is 0.999. The van der Waals surface area contributed by atoms with Crippen LogP contribution in [-0.2, 0) is 16.0 Å². The lowest BCUT2D eigenvalue weighted by atomic mass is 10.2. The largest absolute Gasteiger partial charge is 0.481 e. The topological polar surface area (TPSA) is 105 Å².